The third-order valence-corrected chi connectivity index (χ3v) is 2.82. The van der Waals surface area contributed by atoms with E-state index in [9.17, 15) is 13.6 Å². The third-order valence-electron chi connectivity index (χ3n) is 2.82. The minimum absolute atomic E-state index is 0.262. The Morgan fingerprint density at radius 2 is 1.60 bits per heavy atom. The monoisotopic (exact) mass is 278 g/mol. The fraction of sp³-hybridized carbons (Fsp3) is 0.133. The molecule has 0 aliphatic carbocycles. The Kier molecular flexibility index (Phi) is 3.98. The molecule has 0 aliphatic rings. The summed E-state index contributed by atoms with van der Waals surface area (Å²) in [5, 5.41) is 0. The summed E-state index contributed by atoms with van der Waals surface area (Å²) in [4.78, 5) is 12.2. The number of ether oxygens (including phenoxy) is 2. The van der Waals surface area contributed by atoms with Gasteiger partial charge in [0, 0.05) is 5.56 Å². The summed E-state index contributed by atoms with van der Waals surface area (Å²) >= 11 is 0. The molecule has 0 aromatic heterocycles. The van der Waals surface area contributed by atoms with Gasteiger partial charge in [0.25, 0.3) is 0 Å². The van der Waals surface area contributed by atoms with Gasteiger partial charge in [-0.25, -0.2) is 8.78 Å². The van der Waals surface area contributed by atoms with Crippen LogP contribution in [0.2, 0.25) is 0 Å². The van der Waals surface area contributed by atoms with E-state index in [-0.39, 0.29) is 11.3 Å². The Morgan fingerprint density at radius 1 is 1.00 bits per heavy atom. The average molecular weight is 278 g/mol. The molecular formula is C15H12F2O3. The number of halogens is 2. The van der Waals surface area contributed by atoms with Crippen molar-refractivity contribution in [1.29, 1.82) is 0 Å². The minimum atomic E-state index is -0.945. The predicted molar refractivity (Wildman–Crippen MR) is 69.3 cm³/mol. The number of benzene rings is 2. The second-order valence-corrected chi connectivity index (χ2v) is 3.98. The lowest BCUT2D eigenvalue weighted by molar-refractivity contribution is 0.103. The maximum Gasteiger partial charge on any atom is 0.200 e. The molecular weight excluding hydrogens is 266 g/mol. The molecule has 0 spiro atoms. The van der Waals surface area contributed by atoms with Crippen molar-refractivity contribution in [2.75, 3.05) is 14.2 Å². The molecule has 0 bridgehead atoms. The molecule has 0 N–H and O–H groups in total. The van der Waals surface area contributed by atoms with E-state index in [1.54, 1.807) is 18.2 Å². The maximum absolute atomic E-state index is 14.2. The molecule has 2 rings (SSSR count). The highest BCUT2D eigenvalue weighted by atomic mass is 19.1. The summed E-state index contributed by atoms with van der Waals surface area (Å²) in [6.45, 7) is 0. The van der Waals surface area contributed by atoms with Gasteiger partial charge >= 0.3 is 0 Å². The minimum Gasteiger partial charge on any atom is -0.490 e. The molecule has 0 saturated heterocycles. The van der Waals surface area contributed by atoms with Gasteiger partial charge in [-0.1, -0.05) is 30.3 Å². The number of methoxy groups -OCH3 is 2. The summed E-state index contributed by atoms with van der Waals surface area (Å²) in [7, 11) is 2.37. The molecule has 0 amide bonds. The first kappa shape index (κ1) is 14.0. The lowest BCUT2D eigenvalue weighted by atomic mass is 10.0. The molecule has 0 unspecified atom stereocenters. The fourth-order valence-electron chi connectivity index (χ4n) is 1.87. The molecule has 0 atom stereocenters. The SMILES string of the molecule is COc1c(F)cc(C(=O)c2ccccc2)c(F)c1OC. The highest BCUT2D eigenvalue weighted by molar-refractivity contribution is 6.09. The van der Waals surface area contributed by atoms with Crippen LogP contribution < -0.4 is 9.47 Å². The number of ketones is 1. The predicted octanol–water partition coefficient (Wildman–Crippen LogP) is 3.21. The van der Waals surface area contributed by atoms with Crippen molar-refractivity contribution in [3.05, 3.63) is 59.2 Å². The molecule has 104 valence electrons. The zero-order chi connectivity index (χ0) is 14.7. The standard InChI is InChI=1S/C15H12F2O3/c1-19-14-11(16)8-10(12(17)15(14)20-2)13(18)9-6-4-3-5-7-9/h3-8H,1-2H3. The van der Waals surface area contributed by atoms with Gasteiger partial charge in [-0.15, -0.1) is 0 Å². The summed E-state index contributed by atoms with van der Waals surface area (Å²) in [6, 6.07) is 8.87. The fourth-order valence-corrected chi connectivity index (χ4v) is 1.87. The van der Waals surface area contributed by atoms with E-state index in [4.69, 9.17) is 9.47 Å². The van der Waals surface area contributed by atoms with E-state index < -0.39 is 28.7 Å². The number of carbonyl (C=O) groups is 1. The number of hydrogen-bond donors (Lipinski definition) is 0. The van der Waals surface area contributed by atoms with Crippen LogP contribution in [0.15, 0.2) is 36.4 Å². The van der Waals surface area contributed by atoms with Gasteiger partial charge in [-0.3, -0.25) is 4.79 Å². The number of rotatable bonds is 4. The molecule has 20 heavy (non-hydrogen) atoms. The van der Waals surface area contributed by atoms with Crippen LogP contribution in [-0.4, -0.2) is 20.0 Å². The zero-order valence-corrected chi connectivity index (χ0v) is 10.9. The van der Waals surface area contributed by atoms with Gasteiger partial charge in [-0.05, 0) is 6.07 Å². The van der Waals surface area contributed by atoms with E-state index in [2.05, 4.69) is 0 Å². The van der Waals surface area contributed by atoms with Crippen LogP contribution in [0, 0.1) is 11.6 Å². The van der Waals surface area contributed by atoms with Gasteiger partial charge in [0.2, 0.25) is 5.75 Å². The van der Waals surface area contributed by atoms with Gasteiger partial charge in [-0.2, -0.15) is 0 Å². The quantitative estimate of drug-likeness (QED) is 0.806. The topological polar surface area (TPSA) is 35.5 Å². The summed E-state index contributed by atoms with van der Waals surface area (Å²) < 4.78 is 37.6. The second-order valence-electron chi connectivity index (χ2n) is 3.98. The highest BCUT2D eigenvalue weighted by Crippen LogP contribution is 2.35. The Hall–Kier alpha value is -2.43. The van der Waals surface area contributed by atoms with Crippen molar-refractivity contribution in [1.82, 2.24) is 0 Å². The van der Waals surface area contributed by atoms with E-state index >= 15 is 0 Å². The number of hydrogen-bond acceptors (Lipinski definition) is 3. The molecule has 3 nitrogen and oxygen atoms in total. The van der Waals surface area contributed by atoms with Gasteiger partial charge in [0.05, 0.1) is 19.8 Å². The van der Waals surface area contributed by atoms with Crippen LogP contribution in [0.4, 0.5) is 8.78 Å². The first-order valence-electron chi connectivity index (χ1n) is 5.79. The maximum atomic E-state index is 14.2. The molecule has 0 saturated carbocycles. The van der Waals surface area contributed by atoms with E-state index in [0.717, 1.165) is 6.07 Å². The molecule has 2 aromatic rings. The summed E-state index contributed by atoms with van der Waals surface area (Å²) in [6.07, 6.45) is 0. The van der Waals surface area contributed by atoms with Crippen LogP contribution >= 0.6 is 0 Å². The normalized spacial score (nSPS) is 10.2. The van der Waals surface area contributed by atoms with Crippen molar-refractivity contribution in [3.63, 3.8) is 0 Å². The third kappa shape index (κ3) is 2.34. The second kappa shape index (κ2) is 5.69. The van der Waals surface area contributed by atoms with Crippen molar-refractivity contribution in [2.24, 2.45) is 0 Å². The van der Waals surface area contributed by atoms with Gasteiger partial charge < -0.3 is 9.47 Å². The molecule has 0 fully saturated rings. The van der Waals surface area contributed by atoms with Gasteiger partial charge in [0.1, 0.15) is 0 Å². The van der Waals surface area contributed by atoms with Crippen LogP contribution in [0.25, 0.3) is 0 Å². The van der Waals surface area contributed by atoms with E-state index in [1.165, 1.54) is 26.4 Å². The Bertz CT molecular complexity index is 639. The average Bonchev–Trinajstić information content (AvgIpc) is 2.48. The first-order valence-corrected chi connectivity index (χ1v) is 5.79. The largest absolute Gasteiger partial charge is 0.490 e. The van der Waals surface area contributed by atoms with E-state index in [1.807, 2.05) is 0 Å². The van der Waals surface area contributed by atoms with Crippen molar-refractivity contribution in [3.8, 4) is 11.5 Å². The van der Waals surface area contributed by atoms with Crippen LogP contribution in [0.3, 0.4) is 0 Å². The molecule has 2 aromatic carbocycles. The van der Waals surface area contributed by atoms with Crippen LogP contribution in [0.5, 0.6) is 11.5 Å². The van der Waals surface area contributed by atoms with Crippen molar-refractivity contribution >= 4 is 5.78 Å². The molecule has 5 heteroatoms. The van der Waals surface area contributed by atoms with Crippen molar-refractivity contribution in [2.45, 2.75) is 0 Å². The highest BCUT2D eigenvalue weighted by Gasteiger charge is 2.24. The summed E-state index contributed by atoms with van der Waals surface area (Å²) in [5.41, 5.74) is -0.135. The molecule has 0 aliphatic heterocycles. The smallest absolute Gasteiger partial charge is 0.200 e. The van der Waals surface area contributed by atoms with E-state index in [0.29, 0.717) is 0 Å². The Morgan fingerprint density at radius 3 is 2.15 bits per heavy atom. The Balaban J connectivity index is 2.59. The zero-order valence-electron chi connectivity index (χ0n) is 10.9. The van der Waals surface area contributed by atoms with Gasteiger partial charge in [0.15, 0.2) is 23.2 Å². The number of carbonyl (C=O) groups excluding carboxylic acids is 1. The Labute approximate surface area is 114 Å². The lowest BCUT2D eigenvalue weighted by Crippen LogP contribution is -2.08. The first-order chi connectivity index (χ1) is 9.60. The van der Waals surface area contributed by atoms with Crippen molar-refractivity contribution < 1.29 is 23.0 Å². The summed E-state index contributed by atoms with van der Waals surface area (Å²) in [5.74, 6) is -3.21. The lowest BCUT2D eigenvalue weighted by Gasteiger charge is -2.12. The van der Waals surface area contributed by atoms with Crippen LogP contribution in [-0.2, 0) is 0 Å². The molecule has 0 heterocycles. The van der Waals surface area contributed by atoms with Crippen LogP contribution in [0.1, 0.15) is 15.9 Å². The molecule has 0 radical (unpaired) electrons.